The Morgan fingerprint density at radius 3 is 2.62 bits per heavy atom. The summed E-state index contributed by atoms with van der Waals surface area (Å²) in [6.07, 6.45) is -1.78. The average molecular weight is 432 g/mol. The fourth-order valence-corrected chi connectivity index (χ4v) is 5.51. The lowest BCUT2D eigenvalue weighted by Crippen LogP contribution is -2.23. The van der Waals surface area contributed by atoms with E-state index in [1.54, 1.807) is 0 Å². The van der Waals surface area contributed by atoms with E-state index < -0.39 is 44.2 Å². The van der Waals surface area contributed by atoms with Crippen LogP contribution in [0.1, 0.15) is 24.8 Å². The fraction of sp³-hybridized carbons (Fsp3) is 0.444. The second kappa shape index (κ2) is 7.79. The van der Waals surface area contributed by atoms with Crippen LogP contribution in [-0.2, 0) is 32.1 Å². The second-order valence-corrected chi connectivity index (χ2v) is 9.06. The highest BCUT2D eigenvalue weighted by atomic mass is 32.2. The molecule has 1 N–H and O–H groups in total. The molecule has 0 saturated heterocycles. The van der Waals surface area contributed by atoms with Gasteiger partial charge in [-0.3, -0.25) is 9.48 Å². The van der Waals surface area contributed by atoms with Crippen LogP contribution in [0, 0.1) is 0 Å². The van der Waals surface area contributed by atoms with Gasteiger partial charge in [-0.1, -0.05) is 6.07 Å². The van der Waals surface area contributed by atoms with E-state index in [4.69, 9.17) is 9.84 Å². The van der Waals surface area contributed by atoms with Gasteiger partial charge in [0.15, 0.2) is 9.84 Å². The van der Waals surface area contributed by atoms with E-state index in [9.17, 15) is 26.4 Å². The number of rotatable bonds is 6. The number of aliphatic carboxylic acids is 1. The highest BCUT2D eigenvalue weighted by molar-refractivity contribution is 7.92. The van der Waals surface area contributed by atoms with Gasteiger partial charge in [0, 0.05) is 18.9 Å². The van der Waals surface area contributed by atoms with E-state index in [0.29, 0.717) is 6.42 Å². The number of aromatic nitrogens is 2. The Morgan fingerprint density at radius 2 is 2.03 bits per heavy atom. The molecule has 7 nitrogen and oxygen atoms in total. The average Bonchev–Trinajstić information content (AvgIpc) is 3.29. The maximum atomic E-state index is 13.7. The summed E-state index contributed by atoms with van der Waals surface area (Å²) in [5.74, 6) is -1.15. The number of methoxy groups -OCH3 is 1. The van der Waals surface area contributed by atoms with Gasteiger partial charge in [-0.2, -0.15) is 18.3 Å². The summed E-state index contributed by atoms with van der Waals surface area (Å²) in [6, 6.07) is 2.99. The third-order valence-electron chi connectivity index (χ3n) is 4.96. The summed E-state index contributed by atoms with van der Waals surface area (Å²) in [7, 11) is -2.76. The van der Waals surface area contributed by atoms with Crippen molar-refractivity contribution in [3.8, 4) is 11.1 Å². The monoisotopic (exact) mass is 432 g/mol. The molecule has 0 bridgehead atoms. The van der Waals surface area contributed by atoms with Gasteiger partial charge in [-0.25, -0.2) is 8.42 Å². The maximum absolute atomic E-state index is 13.7. The van der Waals surface area contributed by atoms with Crippen LogP contribution in [0.4, 0.5) is 13.2 Å². The van der Waals surface area contributed by atoms with Crippen molar-refractivity contribution in [1.82, 2.24) is 9.78 Å². The predicted molar refractivity (Wildman–Crippen MR) is 95.9 cm³/mol. The Morgan fingerprint density at radius 1 is 1.31 bits per heavy atom. The van der Waals surface area contributed by atoms with E-state index in [0.717, 1.165) is 16.8 Å². The largest absolute Gasteiger partial charge is 0.480 e. The van der Waals surface area contributed by atoms with Crippen LogP contribution >= 0.6 is 0 Å². The second-order valence-electron chi connectivity index (χ2n) is 6.87. The van der Waals surface area contributed by atoms with E-state index in [1.807, 2.05) is 0 Å². The molecule has 2 unspecified atom stereocenters. The molecule has 0 spiro atoms. The van der Waals surface area contributed by atoms with Gasteiger partial charge < -0.3 is 9.84 Å². The quantitative estimate of drug-likeness (QED) is 0.754. The van der Waals surface area contributed by atoms with Crippen molar-refractivity contribution in [2.45, 2.75) is 48.2 Å². The van der Waals surface area contributed by atoms with Crippen molar-refractivity contribution < 1.29 is 36.2 Å². The molecule has 1 aromatic carbocycles. The van der Waals surface area contributed by atoms with Gasteiger partial charge in [0.2, 0.25) is 0 Å². The first-order chi connectivity index (χ1) is 13.5. The molecule has 1 aliphatic carbocycles. The molecule has 1 heterocycles. The predicted octanol–water partition coefficient (Wildman–Crippen LogP) is 2.99. The third-order valence-corrected chi connectivity index (χ3v) is 7.24. The third kappa shape index (κ3) is 4.45. The molecule has 2 aromatic rings. The number of hydrogen-bond acceptors (Lipinski definition) is 5. The molecule has 0 radical (unpaired) electrons. The standard InChI is InChI=1S/C18H19F3N2O5S/c1-28-13-3-4-14(7-13)29(26,27)16-5-2-11(6-15(16)18(19,20)21)12-8-22-23(9-12)10-17(24)25/h2,5-6,8-9,13-14H,3-4,7,10H2,1H3,(H,24,25). The van der Waals surface area contributed by atoms with Gasteiger partial charge >= 0.3 is 12.1 Å². The number of sulfone groups is 1. The molecule has 0 aliphatic heterocycles. The van der Waals surface area contributed by atoms with Crippen molar-refractivity contribution in [1.29, 1.82) is 0 Å². The number of nitrogens with zero attached hydrogens (tertiary/aromatic N) is 2. The molecule has 1 saturated carbocycles. The van der Waals surface area contributed by atoms with Crippen molar-refractivity contribution in [2.24, 2.45) is 0 Å². The Hall–Kier alpha value is -2.40. The van der Waals surface area contributed by atoms with Crippen molar-refractivity contribution in [3.63, 3.8) is 0 Å². The first kappa shape index (κ1) is 21.3. The number of carbonyl (C=O) groups is 1. The molecular weight excluding hydrogens is 413 g/mol. The topological polar surface area (TPSA) is 98.5 Å². The molecule has 11 heteroatoms. The van der Waals surface area contributed by atoms with E-state index in [-0.39, 0.29) is 30.1 Å². The summed E-state index contributed by atoms with van der Waals surface area (Å²) >= 11 is 0. The minimum atomic E-state index is -4.88. The fourth-order valence-electron chi connectivity index (χ4n) is 3.49. The van der Waals surface area contributed by atoms with E-state index >= 15 is 0 Å². The van der Waals surface area contributed by atoms with Crippen LogP contribution in [0.3, 0.4) is 0 Å². The SMILES string of the molecule is COC1CCC(S(=O)(=O)c2ccc(-c3cnn(CC(=O)O)c3)cc2C(F)(F)F)C1. The zero-order valence-electron chi connectivity index (χ0n) is 15.4. The first-order valence-electron chi connectivity index (χ1n) is 8.75. The van der Waals surface area contributed by atoms with Crippen LogP contribution in [0.25, 0.3) is 11.1 Å². The summed E-state index contributed by atoms with van der Waals surface area (Å²) in [5, 5.41) is 11.6. The lowest BCUT2D eigenvalue weighted by atomic mass is 10.1. The molecule has 29 heavy (non-hydrogen) atoms. The highest BCUT2D eigenvalue weighted by Gasteiger charge is 2.42. The Labute approximate surface area is 165 Å². The number of halogens is 3. The minimum absolute atomic E-state index is 0.0918. The van der Waals surface area contributed by atoms with Crippen molar-refractivity contribution in [2.75, 3.05) is 7.11 Å². The molecule has 0 amide bonds. The van der Waals surface area contributed by atoms with E-state index in [2.05, 4.69) is 5.10 Å². The molecule has 3 rings (SSSR count). The van der Waals surface area contributed by atoms with Gasteiger partial charge in [0.05, 0.1) is 28.0 Å². The van der Waals surface area contributed by atoms with E-state index in [1.165, 1.54) is 25.6 Å². The summed E-state index contributed by atoms with van der Waals surface area (Å²) in [5.41, 5.74) is -0.906. The molecule has 158 valence electrons. The maximum Gasteiger partial charge on any atom is 0.417 e. The van der Waals surface area contributed by atoms with Crippen molar-refractivity contribution >= 4 is 15.8 Å². The van der Waals surface area contributed by atoms with Crippen molar-refractivity contribution in [3.05, 3.63) is 36.2 Å². The van der Waals surface area contributed by atoms with Crippen LogP contribution in [0.5, 0.6) is 0 Å². The van der Waals surface area contributed by atoms with Crippen LogP contribution in [0.15, 0.2) is 35.5 Å². The lowest BCUT2D eigenvalue weighted by molar-refractivity contribution is -0.140. The van der Waals surface area contributed by atoms with Gasteiger partial charge in [0.25, 0.3) is 0 Å². The number of carboxylic acids is 1. The number of hydrogen-bond donors (Lipinski definition) is 1. The zero-order chi connectivity index (χ0) is 21.4. The molecule has 1 fully saturated rings. The summed E-state index contributed by atoms with van der Waals surface area (Å²) in [4.78, 5) is 9.98. The van der Waals surface area contributed by atoms with Crippen LogP contribution < -0.4 is 0 Å². The Balaban J connectivity index is 2.01. The summed E-state index contributed by atoms with van der Waals surface area (Å²) < 4.78 is 73.1. The number of ether oxygens (including phenoxy) is 1. The van der Waals surface area contributed by atoms with Crippen LogP contribution in [0.2, 0.25) is 0 Å². The van der Waals surface area contributed by atoms with Crippen LogP contribution in [-0.4, -0.2) is 47.7 Å². The molecule has 2 atom stereocenters. The molecule has 1 aromatic heterocycles. The Bertz CT molecular complexity index is 1020. The highest BCUT2D eigenvalue weighted by Crippen LogP contribution is 2.40. The van der Waals surface area contributed by atoms with Gasteiger partial charge in [-0.15, -0.1) is 0 Å². The smallest absolute Gasteiger partial charge is 0.417 e. The normalized spacial score (nSPS) is 20.1. The van der Waals surface area contributed by atoms with Gasteiger partial charge in [0.1, 0.15) is 6.54 Å². The summed E-state index contributed by atoms with van der Waals surface area (Å²) in [6.45, 7) is -0.444. The zero-order valence-corrected chi connectivity index (χ0v) is 16.2. The number of carboxylic acid groups (broad SMARTS) is 1. The molecular formula is C18H19F3N2O5S. The first-order valence-corrected chi connectivity index (χ1v) is 10.3. The minimum Gasteiger partial charge on any atom is -0.480 e. The van der Waals surface area contributed by atoms with Gasteiger partial charge in [-0.05, 0) is 37.0 Å². The number of alkyl halides is 3. The number of benzene rings is 1. The Kier molecular flexibility index (Phi) is 5.72. The molecule has 1 aliphatic rings. The lowest BCUT2D eigenvalue weighted by Gasteiger charge is -2.18.